The summed E-state index contributed by atoms with van der Waals surface area (Å²) in [6.07, 6.45) is 0.104. The van der Waals surface area contributed by atoms with E-state index in [-0.39, 0.29) is 12.3 Å². The van der Waals surface area contributed by atoms with Crippen LogP contribution in [-0.2, 0) is 11.2 Å². The maximum Gasteiger partial charge on any atom is 0.228 e. The molecule has 1 aliphatic heterocycles. The van der Waals surface area contributed by atoms with Crippen LogP contribution in [0.25, 0.3) is 0 Å². The normalized spacial score (nSPS) is 12.8. The van der Waals surface area contributed by atoms with Crippen LogP contribution in [0.4, 0.5) is 10.1 Å². The number of carbonyl (C=O) groups is 1. The van der Waals surface area contributed by atoms with Crippen molar-refractivity contribution in [2.75, 3.05) is 18.5 Å². The molecule has 1 aliphatic rings. The number of carbonyl (C=O) groups excluding carboxylic acids is 1. The van der Waals surface area contributed by atoms with E-state index >= 15 is 0 Å². The molecule has 114 valence electrons. The number of hydrogen-bond donors (Lipinski definition) is 1. The smallest absolute Gasteiger partial charge is 0.228 e. The number of anilines is 1. The molecule has 6 heteroatoms. The predicted octanol–water partition coefficient (Wildman–Crippen LogP) is 3.43. The molecular formula is C16H13ClFNO3. The summed E-state index contributed by atoms with van der Waals surface area (Å²) in [5.74, 6) is 0.369. The molecule has 3 rings (SSSR count). The van der Waals surface area contributed by atoms with Crippen LogP contribution in [0.1, 0.15) is 5.56 Å². The molecule has 0 saturated carbocycles. The largest absolute Gasteiger partial charge is 0.486 e. The Balaban J connectivity index is 1.73. The number of fused-ring (bicyclic) bond motifs is 1. The van der Waals surface area contributed by atoms with Gasteiger partial charge in [-0.15, -0.1) is 0 Å². The number of nitrogens with one attached hydrogen (secondary N) is 1. The minimum absolute atomic E-state index is 0.104. The molecule has 0 bridgehead atoms. The lowest BCUT2D eigenvalue weighted by molar-refractivity contribution is -0.115. The van der Waals surface area contributed by atoms with Gasteiger partial charge in [0.25, 0.3) is 0 Å². The molecule has 0 aliphatic carbocycles. The molecule has 0 radical (unpaired) electrons. The van der Waals surface area contributed by atoms with Crippen molar-refractivity contribution in [1.82, 2.24) is 0 Å². The zero-order chi connectivity index (χ0) is 15.5. The van der Waals surface area contributed by atoms with Gasteiger partial charge in [-0.3, -0.25) is 4.79 Å². The zero-order valence-corrected chi connectivity index (χ0v) is 12.3. The second-order valence-corrected chi connectivity index (χ2v) is 5.24. The molecule has 1 amide bonds. The van der Waals surface area contributed by atoms with E-state index in [1.807, 2.05) is 0 Å². The number of amides is 1. The summed E-state index contributed by atoms with van der Waals surface area (Å²) < 4.78 is 24.0. The highest BCUT2D eigenvalue weighted by Crippen LogP contribution is 2.38. The lowest BCUT2D eigenvalue weighted by Gasteiger charge is -2.20. The summed E-state index contributed by atoms with van der Waals surface area (Å²) >= 11 is 6.13. The van der Waals surface area contributed by atoms with Gasteiger partial charge in [0.1, 0.15) is 19.0 Å². The number of halogens is 2. The number of rotatable bonds is 3. The first-order valence-electron chi connectivity index (χ1n) is 6.75. The average molecular weight is 322 g/mol. The van der Waals surface area contributed by atoms with Crippen molar-refractivity contribution in [2.24, 2.45) is 0 Å². The molecule has 0 atom stereocenters. The van der Waals surface area contributed by atoms with Gasteiger partial charge >= 0.3 is 0 Å². The molecule has 4 nitrogen and oxygen atoms in total. The van der Waals surface area contributed by atoms with E-state index in [2.05, 4.69) is 5.32 Å². The SMILES string of the molecule is O=C(Cc1cc(Cl)c2c(c1)OCCO2)Nc1cccc(F)c1. The molecule has 2 aromatic rings. The molecule has 1 heterocycles. The van der Waals surface area contributed by atoms with Crippen molar-refractivity contribution in [3.63, 3.8) is 0 Å². The second kappa shape index (κ2) is 6.23. The zero-order valence-electron chi connectivity index (χ0n) is 11.6. The van der Waals surface area contributed by atoms with E-state index in [4.69, 9.17) is 21.1 Å². The lowest BCUT2D eigenvalue weighted by atomic mass is 10.1. The Kier molecular flexibility index (Phi) is 4.15. The standard InChI is InChI=1S/C16H13ClFNO3/c17-13-6-10(7-14-16(13)22-5-4-21-14)8-15(20)19-12-3-1-2-11(18)9-12/h1-3,6-7,9H,4-5,8H2,(H,19,20). The van der Waals surface area contributed by atoms with E-state index in [1.165, 1.54) is 18.2 Å². The maximum absolute atomic E-state index is 13.1. The summed E-state index contributed by atoms with van der Waals surface area (Å²) in [6.45, 7) is 0.897. The van der Waals surface area contributed by atoms with E-state index in [0.717, 1.165) is 0 Å². The van der Waals surface area contributed by atoms with Gasteiger partial charge < -0.3 is 14.8 Å². The molecule has 0 saturated heterocycles. The van der Waals surface area contributed by atoms with Crippen LogP contribution >= 0.6 is 11.6 Å². The molecule has 2 aromatic carbocycles. The van der Waals surface area contributed by atoms with Crippen LogP contribution in [0.2, 0.25) is 5.02 Å². The topological polar surface area (TPSA) is 47.6 Å². The van der Waals surface area contributed by atoms with E-state index in [1.54, 1.807) is 18.2 Å². The molecule has 0 aromatic heterocycles. The first-order valence-corrected chi connectivity index (χ1v) is 7.13. The summed E-state index contributed by atoms with van der Waals surface area (Å²) in [5, 5.41) is 3.04. The second-order valence-electron chi connectivity index (χ2n) is 4.84. The first kappa shape index (κ1) is 14.7. The van der Waals surface area contributed by atoms with Crippen molar-refractivity contribution in [1.29, 1.82) is 0 Å². The van der Waals surface area contributed by atoms with Crippen LogP contribution in [0.15, 0.2) is 36.4 Å². The van der Waals surface area contributed by atoms with E-state index in [9.17, 15) is 9.18 Å². The Bertz CT molecular complexity index is 721. The van der Waals surface area contributed by atoms with Gasteiger partial charge in [0.2, 0.25) is 5.91 Å². The van der Waals surface area contributed by atoms with Gasteiger partial charge in [0.15, 0.2) is 11.5 Å². The lowest BCUT2D eigenvalue weighted by Crippen LogP contribution is -2.17. The predicted molar refractivity (Wildman–Crippen MR) is 81.2 cm³/mol. The molecule has 0 spiro atoms. The third kappa shape index (κ3) is 3.31. The molecule has 22 heavy (non-hydrogen) atoms. The van der Waals surface area contributed by atoms with Gasteiger partial charge in [-0.1, -0.05) is 17.7 Å². The quantitative estimate of drug-likeness (QED) is 0.942. The van der Waals surface area contributed by atoms with Crippen molar-refractivity contribution in [3.8, 4) is 11.5 Å². The Hall–Kier alpha value is -2.27. The molecule has 0 unspecified atom stereocenters. The highest BCUT2D eigenvalue weighted by Gasteiger charge is 2.17. The third-order valence-electron chi connectivity index (χ3n) is 3.13. The fraction of sp³-hybridized carbons (Fsp3) is 0.188. The minimum Gasteiger partial charge on any atom is -0.486 e. The van der Waals surface area contributed by atoms with Crippen LogP contribution in [0.5, 0.6) is 11.5 Å². The minimum atomic E-state index is -0.403. The summed E-state index contributed by atoms with van der Waals surface area (Å²) in [7, 11) is 0. The molecule has 1 N–H and O–H groups in total. The highest BCUT2D eigenvalue weighted by atomic mass is 35.5. The Morgan fingerprint density at radius 2 is 2.05 bits per heavy atom. The van der Waals surface area contributed by atoms with Gasteiger partial charge in [0, 0.05) is 5.69 Å². The number of hydrogen-bond acceptors (Lipinski definition) is 3. The van der Waals surface area contributed by atoms with E-state index in [0.29, 0.717) is 41.0 Å². The Morgan fingerprint density at radius 3 is 2.86 bits per heavy atom. The monoisotopic (exact) mass is 321 g/mol. The first-order chi connectivity index (χ1) is 10.6. The van der Waals surface area contributed by atoms with Gasteiger partial charge in [-0.2, -0.15) is 0 Å². The van der Waals surface area contributed by atoms with Crippen LogP contribution < -0.4 is 14.8 Å². The molecular weight excluding hydrogens is 309 g/mol. The van der Waals surface area contributed by atoms with Crippen molar-refractivity contribution in [3.05, 3.63) is 52.8 Å². The highest BCUT2D eigenvalue weighted by molar-refractivity contribution is 6.32. The summed E-state index contributed by atoms with van der Waals surface area (Å²) in [4.78, 5) is 12.0. The third-order valence-corrected chi connectivity index (χ3v) is 3.41. The van der Waals surface area contributed by atoms with Crippen molar-refractivity contribution >= 4 is 23.2 Å². The number of ether oxygens (including phenoxy) is 2. The summed E-state index contributed by atoms with van der Waals surface area (Å²) in [6, 6.07) is 9.13. The fourth-order valence-electron chi connectivity index (χ4n) is 2.22. The molecule has 0 fully saturated rings. The van der Waals surface area contributed by atoms with Crippen molar-refractivity contribution < 1.29 is 18.7 Å². The Morgan fingerprint density at radius 1 is 1.23 bits per heavy atom. The van der Waals surface area contributed by atoms with Gasteiger partial charge in [-0.25, -0.2) is 4.39 Å². The number of benzene rings is 2. The van der Waals surface area contributed by atoms with Crippen molar-refractivity contribution in [2.45, 2.75) is 6.42 Å². The van der Waals surface area contributed by atoms with Gasteiger partial charge in [0.05, 0.1) is 11.4 Å². The Labute approximate surface area is 131 Å². The average Bonchev–Trinajstić information content (AvgIpc) is 2.47. The van der Waals surface area contributed by atoms with Crippen LogP contribution in [0.3, 0.4) is 0 Å². The van der Waals surface area contributed by atoms with Gasteiger partial charge in [-0.05, 0) is 35.9 Å². The summed E-state index contributed by atoms with van der Waals surface area (Å²) in [5.41, 5.74) is 1.11. The van der Waals surface area contributed by atoms with Crippen LogP contribution in [-0.4, -0.2) is 19.1 Å². The fourth-order valence-corrected chi connectivity index (χ4v) is 2.51. The van der Waals surface area contributed by atoms with E-state index < -0.39 is 5.82 Å². The maximum atomic E-state index is 13.1. The van der Waals surface area contributed by atoms with Crippen LogP contribution in [0, 0.1) is 5.82 Å².